The fraction of sp³-hybridized carbons (Fsp3) is 0.562. The van der Waals surface area contributed by atoms with Crippen LogP contribution in [-0.4, -0.2) is 18.5 Å². The molecule has 2 rings (SSSR count). The molecule has 1 aliphatic rings. The van der Waals surface area contributed by atoms with E-state index in [1.165, 1.54) is 32.1 Å². The number of amides is 1. The van der Waals surface area contributed by atoms with Gasteiger partial charge in [0, 0.05) is 11.7 Å². The minimum atomic E-state index is 0.0449. The van der Waals surface area contributed by atoms with Gasteiger partial charge in [0.1, 0.15) is 0 Å². The van der Waals surface area contributed by atoms with E-state index in [9.17, 15) is 4.79 Å². The maximum atomic E-state index is 11.8. The predicted octanol–water partition coefficient (Wildman–Crippen LogP) is 3.18. The predicted molar refractivity (Wildman–Crippen MR) is 79.1 cm³/mol. The quantitative estimate of drug-likeness (QED) is 0.816. The van der Waals surface area contributed by atoms with Gasteiger partial charge >= 0.3 is 0 Å². The topological polar surface area (TPSA) is 41.1 Å². The van der Waals surface area contributed by atoms with Gasteiger partial charge in [0.15, 0.2) is 0 Å². The molecule has 2 atom stereocenters. The molecule has 1 aliphatic carbocycles. The first kappa shape index (κ1) is 14.1. The van der Waals surface area contributed by atoms with Gasteiger partial charge in [-0.25, -0.2) is 0 Å². The molecule has 19 heavy (non-hydrogen) atoms. The van der Waals surface area contributed by atoms with Gasteiger partial charge in [-0.3, -0.25) is 4.79 Å². The van der Waals surface area contributed by atoms with E-state index in [0.29, 0.717) is 12.6 Å². The van der Waals surface area contributed by atoms with E-state index < -0.39 is 0 Å². The molecular weight excluding hydrogens is 236 g/mol. The molecule has 0 aliphatic heterocycles. The number of rotatable bonds is 4. The van der Waals surface area contributed by atoms with E-state index in [1.54, 1.807) is 0 Å². The highest BCUT2D eigenvalue weighted by molar-refractivity contribution is 5.92. The summed E-state index contributed by atoms with van der Waals surface area (Å²) < 4.78 is 0. The van der Waals surface area contributed by atoms with Crippen molar-refractivity contribution in [2.75, 3.05) is 11.9 Å². The Kier molecular flexibility index (Phi) is 5.40. The largest absolute Gasteiger partial charge is 0.325 e. The molecule has 1 fully saturated rings. The zero-order chi connectivity index (χ0) is 13.5. The van der Waals surface area contributed by atoms with Crippen molar-refractivity contribution in [1.29, 1.82) is 0 Å². The summed E-state index contributed by atoms with van der Waals surface area (Å²) >= 11 is 0. The van der Waals surface area contributed by atoms with Crippen molar-refractivity contribution in [3.8, 4) is 0 Å². The van der Waals surface area contributed by atoms with Crippen LogP contribution in [0.1, 0.15) is 39.0 Å². The van der Waals surface area contributed by atoms with Crippen molar-refractivity contribution in [1.82, 2.24) is 5.32 Å². The molecule has 0 radical (unpaired) electrons. The molecule has 1 aromatic carbocycles. The molecule has 2 N–H and O–H groups in total. The highest BCUT2D eigenvalue weighted by Gasteiger charge is 2.16. The highest BCUT2D eigenvalue weighted by atomic mass is 16.1. The maximum Gasteiger partial charge on any atom is 0.238 e. The van der Waals surface area contributed by atoms with Gasteiger partial charge in [0.2, 0.25) is 5.91 Å². The second kappa shape index (κ2) is 7.29. The second-order valence-corrected chi connectivity index (χ2v) is 5.61. The molecule has 0 bridgehead atoms. The average Bonchev–Trinajstić information content (AvgIpc) is 2.62. The second-order valence-electron chi connectivity index (χ2n) is 5.61. The maximum absolute atomic E-state index is 11.8. The van der Waals surface area contributed by atoms with Gasteiger partial charge in [0.05, 0.1) is 6.54 Å². The Morgan fingerprint density at radius 2 is 1.95 bits per heavy atom. The van der Waals surface area contributed by atoms with Crippen LogP contribution in [-0.2, 0) is 4.79 Å². The van der Waals surface area contributed by atoms with Crippen LogP contribution in [0.15, 0.2) is 30.3 Å². The number of hydrogen-bond acceptors (Lipinski definition) is 2. The Labute approximate surface area is 115 Å². The lowest BCUT2D eigenvalue weighted by atomic mass is 10.0. The summed E-state index contributed by atoms with van der Waals surface area (Å²) in [4.78, 5) is 11.8. The van der Waals surface area contributed by atoms with Gasteiger partial charge in [0.25, 0.3) is 0 Å². The molecule has 0 spiro atoms. The highest BCUT2D eigenvalue weighted by Crippen LogP contribution is 2.22. The van der Waals surface area contributed by atoms with Crippen LogP contribution < -0.4 is 10.6 Å². The first-order valence-electron chi connectivity index (χ1n) is 7.32. The van der Waals surface area contributed by atoms with Crippen molar-refractivity contribution in [2.24, 2.45) is 5.92 Å². The van der Waals surface area contributed by atoms with E-state index in [0.717, 1.165) is 11.6 Å². The lowest BCUT2D eigenvalue weighted by molar-refractivity contribution is -0.115. The number of carbonyl (C=O) groups excluding carboxylic acids is 1. The van der Waals surface area contributed by atoms with Gasteiger partial charge in [-0.1, -0.05) is 38.0 Å². The van der Waals surface area contributed by atoms with Crippen LogP contribution >= 0.6 is 0 Å². The zero-order valence-electron chi connectivity index (χ0n) is 11.7. The van der Waals surface area contributed by atoms with Gasteiger partial charge in [-0.05, 0) is 37.3 Å². The molecule has 3 nitrogen and oxygen atoms in total. The number of carbonyl (C=O) groups is 1. The van der Waals surface area contributed by atoms with Gasteiger partial charge in [-0.2, -0.15) is 0 Å². The summed E-state index contributed by atoms with van der Waals surface area (Å²) in [7, 11) is 0. The number of benzene rings is 1. The summed E-state index contributed by atoms with van der Waals surface area (Å²) in [6.07, 6.45) is 6.27. The normalized spacial score (nSPS) is 23.6. The fourth-order valence-electron chi connectivity index (χ4n) is 2.65. The minimum Gasteiger partial charge on any atom is -0.325 e. The Balaban J connectivity index is 1.71. The summed E-state index contributed by atoms with van der Waals surface area (Å²) in [5, 5.41) is 6.29. The molecular formula is C16H24N2O. The smallest absolute Gasteiger partial charge is 0.238 e. The number of anilines is 1. The summed E-state index contributed by atoms with van der Waals surface area (Å²) in [6, 6.07) is 10.1. The van der Waals surface area contributed by atoms with E-state index in [4.69, 9.17) is 0 Å². The van der Waals surface area contributed by atoms with Crippen LogP contribution in [0.25, 0.3) is 0 Å². The number of hydrogen-bond donors (Lipinski definition) is 2. The van der Waals surface area contributed by atoms with E-state index in [1.807, 2.05) is 30.3 Å². The van der Waals surface area contributed by atoms with Crippen molar-refractivity contribution in [3.05, 3.63) is 30.3 Å². The fourth-order valence-corrected chi connectivity index (χ4v) is 2.65. The molecule has 104 valence electrons. The summed E-state index contributed by atoms with van der Waals surface area (Å²) in [6.45, 7) is 2.73. The Hall–Kier alpha value is -1.35. The Morgan fingerprint density at radius 1 is 1.16 bits per heavy atom. The standard InChI is InChI=1S/C16H24N2O/c1-13-6-5-9-14(11-10-13)17-12-16(19)18-15-7-3-2-4-8-15/h2-4,7-8,13-14,17H,5-6,9-12H2,1H3,(H,18,19). The molecule has 1 amide bonds. The lowest BCUT2D eigenvalue weighted by Crippen LogP contribution is -2.35. The SMILES string of the molecule is CC1CCCC(NCC(=O)Nc2ccccc2)CC1. The van der Waals surface area contributed by atoms with Crippen molar-refractivity contribution in [3.63, 3.8) is 0 Å². The summed E-state index contributed by atoms with van der Waals surface area (Å²) in [5.74, 6) is 0.883. The van der Waals surface area contributed by atoms with Crippen LogP contribution in [0.5, 0.6) is 0 Å². The zero-order valence-corrected chi connectivity index (χ0v) is 11.7. The van der Waals surface area contributed by atoms with Crippen molar-refractivity contribution < 1.29 is 4.79 Å². The van der Waals surface area contributed by atoms with Crippen LogP contribution in [0.2, 0.25) is 0 Å². The van der Waals surface area contributed by atoms with E-state index >= 15 is 0 Å². The third-order valence-corrected chi connectivity index (χ3v) is 3.87. The van der Waals surface area contributed by atoms with Crippen molar-refractivity contribution in [2.45, 2.75) is 45.1 Å². The molecule has 0 heterocycles. The van der Waals surface area contributed by atoms with E-state index in [2.05, 4.69) is 17.6 Å². The molecule has 0 aromatic heterocycles. The third-order valence-electron chi connectivity index (χ3n) is 3.87. The number of nitrogens with one attached hydrogen (secondary N) is 2. The van der Waals surface area contributed by atoms with Gasteiger partial charge in [-0.15, -0.1) is 0 Å². The van der Waals surface area contributed by atoms with Crippen LogP contribution in [0.4, 0.5) is 5.69 Å². The molecule has 2 unspecified atom stereocenters. The van der Waals surface area contributed by atoms with Crippen molar-refractivity contribution >= 4 is 11.6 Å². The monoisotopic (exact) mass is 260 g/mol. The van der Waals surface area contributed by atoms with Crippen LogP contribution in [0, 0.1) is 5.92 Å². The first-order chi connectivity index (χ1) is 9.24. The lowest BCUT2D eigenvalue weighted by Gasteiger charge is -2.16. The Morgan fingerprint density at radius 3 is 2.74 bits per heavy atom. The minimum absolute atomic E-state index is 0.0449. The average molecular weight is 260 g/mol. The summed E-state index contributed by atoms with van der Waals surface area (Å²) in [5.41, 5.74) is 0.865. The first-order valence-corrected chi connectivity index (χ1v) is 7.32. The molecule has 1 saturated carbocycles. The molecule has 1 aromatic rings. The number of para-hydroxylation sites is 1. The van der Waals surface area contributed by atoms with E-state index in [-0.39, 0.29) is 5.91 Å². The Bertz CT molecular complexity index is 391. The third kappa shape index (κ3) is 5.03. The van der Waals surface area contributed by atoms with Crippen LogP contribution in [0.3, 0.4) is 0 Å². The molecule has 3 heteroatoms. The molecule has 0 saturated heterocycles. The van der Waals surface area contributed by atoms with Gasteiger partial charge < -0.3 is 10.6 Å².